The van der Waals surface area contributed by atoms with Gasteiger partial charge in [0.25, 0.3) is 5.91 Å². The van der Waals surface area contributed by atoms with E-state index >= 15 is 0 Å². The van der Waals surface area contributed by atoms with Gasteiger partial charge in [0.15, 0.2) is 5.60 Å². The third-order valence-electron chi connectivity index (χ3n) is 4.95. The smallest absolute Gasteiger partial charge is 0.268 e. The molecule has 0 unspecified atom stereocenters. The lowest BCUT2D eigenvalue weighted by Crippen LogP contribution is -2.38. The van der Waals surface area contributed by atoms with E-state index in [-0.39, 0.29) is 5.91 Å². The van der Waals surface area contributed by atoms with E-state index in [0.29, 0.717) is 12.1 Å². The number of benzene rings is 3. The van der Waals surface area contributed by atoms with Crippen LogP contribution in [0.2, 0.25) is 0 Å². The summed E-state index contributed by atoms with van der Waals surface area (Å²) in [5.74, 6) is -0.326. The van der Waals surface area contributed by atoms with E-state index in [1.165, 1.54) is 0 Å². The summed E-state index contributed by atoms with van der Waals surface area (Å²) >= 11 is 0. The van der Waals surface area contributed by atoms with E-state index in [2.05, 4.69) is 0 Å². The van der Waals surface area contributed by atoms with Gasteiger partial charge in [0.05, 0.1) is 12.2 Å². The minimum Gasteiger partial charge on any atom is -0.372 e. The largest absolute Gasteiger partial charge is 0.372 e. The van der Waals surface area contributed by atoms with Gasteiger partial charge in [0, 0.05) is 0 Å². The summed E-state index contributed by atoms with van der Waals surface area (Å²) in [6, 6.07) is 26.9. The normalized spacial score (nSPS) is 19.3. The Bertz CT molecular complexity index is 978. The van der Waals surface area contributed by atoms with Crippen LogP contribution in [0.4, 0.5) is 0 Å². The van der Waals surface area contributed by atoms with Crippen LogP contribution in [0.15, 0.2) is 91.0 Å². The number of aliphatic hydroxyl groups is 1. The van der Waals surface area contributed by atoms with E-state index in [1.807, 2.05) is 79.7 Å². The molecule has 1 aliphatic heterocycles. The number of nitrogens with zero attached hydrogens (tertiary/aromatic N) is 1. The third kappa shape index (κ3) is 3.18. The van der Waals surface area contributed by atoms with E-state index in [1.54, 1.807) is 23.1 Å². The predicted octanol–water partition coefficient (Wildman–Crippen LogP) is 4.27. The summed E-state index contributed by atoms with van der Waals surface area (Å²) in [7, 11) is 0. The van der Waals surface area contributed by atoms with Crippen molar-refractivity contribution >= 4 is 11.6 Å². The number of hydrogen-bond donors (Lipinski definition) is 1. The van der Waals surface area contributed by atoms with Crippen molar-refractivity contribution < 1.29 is 9.90 Å². The van der Waals surface area contributed by atoms with Gasteiger partial charge in [0.1, 0.15) is 0 Å². The van der Waals surface area contributed by atoms with Gasteiger partial charge in [-0.2, -0.15) is 0 Å². The number of aryl methyl sites for hydroxylation is 1. The Morgan fingerprint density at radius 1 is 0.852 bits per heavy atom. The Hall–Kier alpha value is -3.17. The van der Waals surface area contributed by atoms with Crippen LogP contribution in [0.3, 0.4) is 0 Å². The fourth-order valence-electron chi connectivity index (χ4n) is 3.44. The number of amides is 1. The van der Waals surface area contributed by atoms with Gasteiger partial charge >= 0.3 is 0 Å². The molecule has 1 heterocycles. The molecule has 0 fully saturated rings. The van der Waals surface area contributed by atoms with Gasteiger partial charge in [-0.1, -0.05) is 90.5 Å². The zero-order valence-electron chi connectivity index (χ0n) is 15.2. The second-order valence-corrected chi connectivity index (χ2v) is 6.90. The fraction of sp³-hybridized carbons (Fsp3) is 0.125. The van der Waals surface area contributed by atoms with Crippen molar-refractivity contribution in [2.75, 3.05) is 0 Å². The second-order valence-electron chi connectivity index (χ2n) is 6.90. The summed E-state index contributed by atoms with van der Waals surface area (Å²) in [4.78, 5) is 15.0. The Morgan fingerprint density at radius 2 is 1.44 bits per heavy atom. The average Bonchev–Trinajstić information content (AvgIpc) is 2.96. The van der Waals surface area contributed by atoms with Crippen LogP contribution < -0.4 is 0 Å². The highest BCUT2D eigenvalue weighted by atomic mass is 16.3. The zero-order valence-corrected chi connectivity index (χ0v) is 15.2. The average molecular weight is 355 g/mol. The molecule has 134 valence electrons. The predicted molar refractivity (Wildman–Crippen MR) is 106 cm³/mol. The molecular weight excluding hydrogens is 334 g/mol. The van der Waals surface area contributed by atoms with E-state index in [4.69, 9.17) is 0 Å². The van der Waals surface area contributed by atoms with Crippen LogP contribution in [-0.2, 0) is 16.9 Å². The maximum Gasteiger partial charge on any atom is 0.268 e. The Labute approximate surface area is 159 Å². The molecule has 0 saturated carbocycles. The second kappa shape index (κ2) is 6.86. The molecule has 4 rings (SSSR count). The molecule has 1 atom stereocenters. The summed E-state index contributed by atoms with van der Waals surface area (Å²) in [6.45, 7) is 2.44. The molecule has 0 aliphatic carbocycles. The first-order chi connectivity index (χ1) is 13.1. The van der Waals surface area contributed by atoms with Crippen LogP contribution in [0.1, 0.15) is 22.3 Å². The van der Waals surface area contributed by atoms with E-state index < -0.39 is 5.60 Å². The van der Waals surface area contributed by atoms with Crippen LogP contribution in [0, 0.1) is 6.92 Å². The zero-order chi connectivity index (χ0) is 18.9. The molecule has 1 aliphatic rings. The molecule has 1 amide bonds. The molecule has 1 N–H and O–H groups in total. The van der Waals surface area contributed by atoms with Gasteiger partial charge in [-0.25, -0.2) is 0 Å². The highest BCUT2D eigenvalue weighted by molar-refractivity contribution is 6.01. The highest BCUT2D eigenvalue weighted by Crippen LogP contribution is 2.39. The molecule has 0 spiro atoms. The number of carbonyl (C=O) groups is 1. The van der Waals surface area contributed by atoms with Crippen LogP contribution in [-0.4, -0.2) is 15.9 Å². The summed E-state index contributed by atoms with van der Waals surface area (Å²) in [6.07, 6.45) is 1.68. The van der Waals surface area contributed by atoms with Crippen molar-refractivity contribution in [3.05, 3.63) is 113 Å². The van der Waals surface area contributed by atoms with Gasteiger partial charge in [-0.15, -0.1) is 0 Å². The molecule has 27 heavy (non-hydrogen) atoms. The van der Waals surface area contributed by atoms with E-state index in [9.17, 15) is 9.90 Å². The Kier molecular flexibility index (Phi) is 4.38. The number of hydrogen-bond acceptors (Lipinski definition) is 2. The highest BCUT2D eigenvalue weighted by Gasteiger charge is 2.46. The van der Waals surface area contributed by atoms with Gasteiger partial charge < -0.3 is 10.0 Å². The van der Waals surface area contributed by atoms with Crippen molar-refractivity contribution in [1.29, 1.82) is 0 Å². The summed E-state index contributed by atoms with van der Waals surface area (Å²) < 4.78 is 0. The maximum atomic E-state index is 13.3. The summed E-state index contributed by atoms with van der Waals surface area (Å²) in [5, 5.41) is 11.3. The number of rotatable bonds is 4. The molecule has 3 nitrogen and oxygen atoms in total. The van der Waals surface area contributed by atoms with Crippen molar-refractivity contribution in [3.63, 3.8) is 0 Å². The first-order valence-corrected chi connectivity index (χ1v) is 9.01. The molecule has 3 aromatic carbocycles. The molecule has 0 saturated heterocycles. The van der Waals surface area contributed by atoms with Crippen molar-refractivity contribution in [2.45, 2.75) is 19.1 Å². The van der Waals surface area contributed by atoms with Crippen LogP contribution >= 0.6 is 0 Å². The van der Waals surface area contributed by atoms with Gasteiger partial charge in [-0.3, -0.25) is 4.79 Å². The topological polar surface area (TPSA) is 40.5 Å². The van der Waals surface area contributed by atoms with Gasteiger partial charge in [0.2, 0.25) is 0 Å². The quantitative estimate of drug-likeness (QED) is 0.759. The maximum absolute atomic E-state index is 13.3. The van der Waals surface area contributed by atoms with E-state index in [0.717, 1.165) is 22.4 Å². The Balaban J connectivity index is 1.80. The minimum atomic E-state index is -1.66. The standard InChI is InChI=1S/C24H21NO2/c1-18-12-14-20(15-13-18)22-16-24(27,21-10-6-3-7-11-21)23(26)25(22)17-19-8-4-2-5-9-19/h2-16,27H,17H2,1H3/t24-/m0/s1. The molecule has 0 aromatic heterocycles. The van der Waals surface area contributed by atoms with Crippen molar-refractivity contribution in [2.24, 2.45) is 0 Å². The molecular formula is C24H21NO2. The third-order valence-corrected chi connectivity index (χ3v) is 4.95. The van der Waals surface area contributed by atoms with Crippen LogP contribution in [0.5, 0.6) is 0 Å². The Morgan fingerprint density at radius 3 is 2.07 bits per heavy atom. The lowest BCUT2D eigenvalue weighted by molar-refractivity contribution is -0.142. The van der Waals surface area contributed by atoms with Crippen molar-refractivity contribution in [3.8, 4) is 0 Å². The van der Waals surface area contributed by atoms with Crippen molar-refractivity contribution in [1.82, 2.24) is 4.90 Å². The first-order valence-electron chi connectivity index (χ1n) is 9.01. The SMILES string of the molecule is Cc1ccc(C2=C[C@](O)(c3ccccc3)C(=O)N2Cc2ccccc2)cc1. The lowest BCUT2D eigenvalue weighted by atomic mass is 9.94. The lowest BCUT2D eigenvalue weighted by Gasteiger charge is -2.25. The molecule has 3 aromatic rings. The monoisotopic (exact) mass is 355 g/mol. The minimum absolute atomic E-state index is 0.326. The summed E-state index contributed by atoms with van der Waals surface area (Å²) in [5.41, 5.74) is 2.73. The molecule has 0 bridgehead atoms. The molecule has 3 heteroatoms. The first kappa shape index (κ1) is 17.3. The van der Waals surface area contributed by atoms with Gasteiger partial charge in [-0.05, 0) is 29.7 Å². The van der Waals surface area contributed by atoms with Crippen LogP contribution in [0.25, 0.3) is 5.70 Å². The number of carbonyl (C=O) groups excluding carboxylic acids is 1. The molecule has 0 radical (unpaired) electrons. The fourth-order valence-corrected chi connectivity index (χ4v) is 3.44.